The number of rotatable bonds is 4. The minimum absolute atomic E-state index is 0.0888. The first kappa shape index (κ1) is 16.5. The van der Waals surface area contributed by atoms with E-state index in [2.05, 4.69) is 9.98 Å². The molecule has 0 aliphatic carbocycles. The zero-order valence-electron chi connectivity index (χ0n) is 12.4. The number of sulfone groups is 1. The minimum Gasteiger partial charge on any atom is -0.219 e. The molecule has 0 aliphatic heterocycles. The molecule has 0 radical (unpaired) electrons. The van der Waals surface area contributed by atoms with Crippen LogP contribution in [0.15, 0.2) is 56.2 Å². The average Bonchev–Trinajstić information content (AvgIpc) is 2.51. The Morgan fingerprint density at radius 3 is 1.48 bits per heavy atom. The van der Waals surface area contributed by atoms with Crippen LogP contribution in [0.1, 0.15) is 11.1 Å². The first-order valence-corrected chi connectivity index (χ1v) is 8.00. The van der Waals surface area contributed by atoms with Crippen molar-refractivity contribution in [1.82, 2.24) is 0 Å². The Balaban J connectivity index is 2.54. The summed E-state index contributed by atoms with van der Waals surface area (Å²) in [6.07, 6.45) is 2.85. The van der Waals surface area contributed by atoms with E-state index in [-0.39, 0.29) is 9.79 Å². The second-order valence-electron chi connectivity index (χ2n) is 4.81. The highest BCUT2D eigenvalue weighted by Gasteiger charge is 2.19. The molecule has 0 atom stereocenters. The fourth-order valence-corrected chi connectivity index (χ4v) is 3.51. The van der Waals surface area contributed by atoms with Gasteiger partial charge in [-0.2, -0.15) is 9.98 Å². The molecule has 0 spiro atoms. The number of hydrogen-bond acceptors (Lipinski definition) is 6. The number of benzene rings is 2. The summed E-state index contributed by atoms with van der Waals surface area (Å²) in [5, 5.41) is 0. The van der Waals surface area contributed by atoms with Crippen LogP contribution in [-0.2, 0) is 19.4 Å². The minimum atomic E-state index is -3.73. The van der Waals surface area contributed by atoms with Crippen LogP contribution >= 0.6 is 0 Å². The van der Waals surface area contributed by atoms with E-state index in [1.807, 2.05) is 0 Å². The van der Waals surface area contributed by atoms with Gasteiger partial charge in [-0.05, 0) is 61.4 Å². The molecule has 2 aromatic carbocycles. The van der Waals surface area contributed by atoms with E-state index < -0.39 is 9.84 Å². The molecule has 0 bridgehead atoms. The van der Waals surface area contributed by atoms with Crippen molar-refractivity contribution in [3.05, 3.63) is 47.5 Å². The molecule has 0 saturated carbocycles. The van der Waals surface area contributed by atoms with Gasteiger partial charge in [-0.1, -0.05) is 0 Å². The van der Waals surface area contributed by atoms with Gasteiger partial charge in [0.2, 0.25) is 22.0 Å². The molecular weight excluding hydrogens is 316 g/mol. The number of carbonyl (C=O) groups excluding carboxylic acids is 2. The Morgan fingerprint density at radius 1 is 0.783 bits per heavy atom. The van der Waals surface area contributed by atoms with Crippen molar-refractivity contribution in [3.63, 3.8) is 0 Å². The molecule has 0 heterocycles. The van der Waals surface area contributed by atoms with Gasteiger partial charge < -0.3 is 0 Å². The van der Waals surface area contributed by atoms with Crippen LogP contribution in [0.25, 0.3) is 0 Å². The normalized spacial score (nSPS) is 10.5. The van der Waals surface area contributed by atoms with Gasteiger partial charge in [-0.3, -0.25) is 0 Å². The van der Waals surface area contributed by atoms with E-state index in [0.717, 1.165) is 0 Å². The summed E-state index contributed by atoms with van der Waals surface area (Å²) in [4.78, 5) is 27.8. The molecule has 0 aromatic heterocycles. The summed E-state index contributed by atoms with van der Waals surface area (Å²) in [5.41, 5.74) is 1.83. The summed E-state index contributed by atoms with van der Waals surface area (Å²) < 4.78 is 25.3. The predicted molar refractivity (Wildman–Crippen MR) is 83.4 cm³/mol. The topological polar surface area (TPSA) is 93.0 Å². The SMILES string of the molecule is Cc1cc(S(=O)(=O)c2ccc(N=C=O)c(C)c2)ccc1N=C=O. The number of nitrogens with zero attached hydrogens (tertiary/aromatic N) is 2. The van der Waals surface area contributed by atoms with Crippen LogP contribution in [0.4, 0.5) is 11.4 Å². The summed E-state index contributed by atoms with van der Waals surface area (Å²) in [6.45, 7) is 3.31. The van der Waals surface area contributed by atoms with Crippen molar-refractivity contribution in [2.24, 2.45) is 9.98 Å². The van der Waals surface area contributed by atoms with E-state index >= 15 is 0 Å². The van der Waals surface area contributed by atoms with Crippen molar-refractivity contribution in [3.8, 4) is 0 Å². The Kier molecular flexibility index (Phi) is 4.67. The van der Waals surface area contributed by atoms with Gasteiger partial charge >= 0.3 is 0 Å². The zero-order valence-corrected chi connectivity index (χ0v) is 13.2. The highest BCUT2D eigenvalue weighted by molar-refractivity contribution is 7.91. The third-order valence-corrected chi connectivity index (χ3v) is 5.04. The number of isocyanates is 2. The standard InChI is InChI=1S/C16H12N2O4S/c1-11-7-13(3-5-15(11)17-9-19)23(21,22)14-4-6-16(18-10-20)12(2)8-14/h3-8H,1-2H3. The van der Waals surface area contributed by atoms with Crippen LogP contribution in [0.5, 0.6) is 0 Å². The smallest absolute Gasteiger partial charge is 0.219 e. The van der Waals surface area contributed by atoms with E-state index in [1.165, 1.54) is 48.6 Å². The van der Waals surface area contributed by atoms with Crippen LogP contribution < -0.4 is 0 Å². The third kappa shape index (κ3) is 3.33. The molecule has 0 saturated heterocycles. The van der Waals surface area contributed by atoms with E-state index in [0.29, 0.717) is 22.5 Å². The average molecular weight is 328 g/mol. The lowest BCUT2D eigenvalue weighted by molar-refractivity contribution is 0.564. The Bertz CT molecular complexity index is 894. The largest absolute Gasteiger partial charge is 0.240 e. The second kappa shape index (κ2) is 6.50. The monoisotopic (exact) mass is 328 g/mol. The van der Waals surface area contributed by atoms with Crippen LogP contribution in [0, 0.1) is 13.8 Å². The highest BCUT2D eigenvalue weighted by atomic mass is 32.2. The molecule has 7 heteroatoms. The van der Waals surface area contributed by atoms with Crippen LogP contribution in [0.2, 0.25) is 0 Å². The summed E-state index contributed by atoms with van der Waals surface area (Å²) in [6, 6.07) is 8.54. The van der Waals surface area contributed by atoms with Crippen molar-refractivity contribution < 1.29 is 18.0 Å². The number of aryl methyl sites for hydroxylation is 2. The summed E-state index contributed by atoms with van der Waals surface area (Å²) in [5.74, 6) is 0. The first-order valence-electron chi connectivity index (χ1n) is 6.52. The van der Waals surface area contributed by atoms with Crippen molar-refractivity contribution in [1.29, 1.82) is 0 Å². The molecule has 23 heavy (non-hydrogen) atoms. The third-order valence-electron chi connectivity index (χ3n) is 3.29. The van der Waals surface area contributed by atoms with E-state index in [9.17, 15) is 18.0 Å². The molecular formula is C16H12N2O4S. The Hall–Kier alpha value is -2.85. The molecule has 0 fully saturated rings. The van der Waals surface area contributed by atoms with Gasteiger partial charge in [0.1, 0.15) is 0 Å². The maximum atomic E-state index is 12.7. The first-order chi connectivity index (χ1) is 10.9. The quantitative estimate of drug-likeness (QED) is 0.637. The van der Waals surface area contributed by atoms with E-state index in [4.69, 9.17) is 0 Å². The molecule has 116 valence electrons. The fourth-order valence-electron chi connectivity index (χ4n) is 2.08. The van der Waals surface area contributed by atoms with Crippen molar-refractivity contribution in [2.45, 2.75) is 23.6 Å². The van der Waals surface area contributed by atoms with Crippen LogP contribution in [-0.4, -0.2) is 20.6 Å². The molecule has 0 amide bonds. The molecule has 2 rings (SSSR count). The molecule has 2 aromatic rings. The van der Waals surface area contributed by atoms with Gasteiger partial charge in [0.15, 0.2) is 0 Å². The number of aliphatic imine (C=N–C) groups is 2. The van der Waals surface area contributed by atoms with Gasteiger partial charge in [-0.25, -0.2) is 18.0 Å². The lowest BCUT2D eigenvalue weighted by Gasteiger charge is -2.08. The van der Waals surface area contributed by atoms with Crippen LogP contribution in [0.3, 0.4) is 0 Å². The molecule has 0 unspecified atom stereocenters. The molecule has 0 N–H and O–H groups in total. The van der Waals surface area contributed by atoms with Gasteiger partial charge in [0.25, 0.3) is 0 Å². The van der Waals surface area contributed by atoms with Crippen molar-refractivity contribution >= 4 is 33.4 Å². The summed E-state index contributed by atoms with van der Waals surface area (Å²) in [7, 11) is -3.73. The highest BCUT2D eigenvalue weighted by Crippen LogP contribution is 2.29. The van der Waals surface area contributed by atoms with Gasteiger partial charge in [0.05, 0.1) is 21.2 Å². The van der Waals surface area contributed by atoms with Gasteiger partial charge in [0, 0.05) is 0 Å². The number of hydrogen-bond donors (Lipinski definition) is 0. The lowest BCUT2D eigenvalue weighted by atomic mass is 10.2. The lowest BCUT2D eigenvalue weighted by Crippen LogP contribution is -2.02. The maximum absolute atomic E-state index is 12.7. The zero-order chi connectivity index (χ0) is 17.0. The molecule has 6 nitrogen and oxygen atoms in total. The van der Waals surface area contributed by atoms with E-state index in [1.54, 1.807) is 13.8 Å². The second-order valence-corrected chi connectivity index (χ2v) is 6.76. The Morgan fingerprint density at radius 2 is 1.17 bits per heavy atom. The Labute approximate surface area is 133 Å². The molecule has 0 aliphatic rings. The van der Waals surface area contributed by atoms with Gasteiger partial charge in [-0.15, -0.1) is 0 Å². The maximum Gasteiger partial charge on any atom is 0.240 e. The fraction of sp³-hybridized carbons (Fsp3) is 0.125. The summed E-state index contributed by atoms with van der Waals surface area (Å²) >= 11 is 0. The predicted octanol–water partition coefficient (Wildman–Crippen LogP) is 3.07. The van der Waals surface area contributed by atoms with Crippen molar-refractivity contribution in [2.75, 3.05) is 0 Å².